The molecule has 6 heteroatoms. The van der Waals surface area contributed by atoms with Crippen molar-refractivity contribution in [3.05, 3.63) is 72.2 Å². The Bertz CT molecular complexity index is 934. The molecule has 1 saturated heterocycles. The molecule has 2 heterocycles. The first-order valence-corrected chi connectivity index (χ1v) is 9.09. The van der Waals surface area contributed by atoms with Crippen molar-refractivity contribution in [3.8, 4) is 11.3 Å². The van der Waals surface area contributed by atoms with Gasteiger partial charge in [-0.1, -0.05) is 6.58 Å². The predicted molar refractivity (Wildman–Crippen MR) is 110 cm³/mol. The lowest BCUT2D eigenvalue weighted by Gasteiger charge is -2.18. The first kappa shape index (κ1) is 19.5. The fourth-order valence-electron chi connectivity index (χ4n) is 3.41. The molecule has 1 aromatic carbocycles. The molecule has 5 nitrogen and oxygen atoms in total. The van der Waals surface area contributed by atoms with Gasteiger partial charge in [0.25, 0.3) is 0 Å². The minimum absolute atomic E-state index is 0.0680. The van der Waals surface area contributed by atoms with E-state index >= 15 is 0 Å². The van der Waals surface area contributed by atoms with Crippen molar-refractivity contribution >= 4 is 17.8 Å². The Morgan fingerprint density at radius 3 is 2.82 bits per heavy atom. The van der Waals surface area contributed by atoms with Gasteiger partial charge < -0.3 is 10.6 Å². The van der Waals surface area contributed by atoms with Crippen molar-refractivity contribution in [2.24, 2.45) is 10.7 Å². The lowest BCUT2D eigenvalue weighted by Crippen LogP contribution is -2.26. The monoisotopic (exact) mass is 378 g/mol. The maximum Gasteiger partial charge on any atom is 0.245 e. The normalized spacial score (nSPS) is 17.3. The average molecular weight is 378 g/mol. The van der Waals surface area contributed by atoms with E-state index in [1.54, 1.807) is 36.4 Å². The number of carbonyl (C=O) groups is 1. The Kier molecular flexibility index (Phi) is 5.99. The summed E-state index contributed by atoms with van der Waals surface area (Å²) in [4.78, 5) is 22.2. The third-order valence-corrected chi connectivity index (χ3v) is 4.90. The fraction of sp³-hybridized carbons (Fsp3) is 0.227. The second-order valence-electron chi connectivity index (χ2n) is 6.67. The van der Waals surface area contributed by atoms with E-state index in [4.69, 9.17) is 5.73 Å². The highest BCUT2D eigenvalue weighted by molar-refractivity contribution is 5.87. The van der Waals surface area contributed by atoms with E-state index in [2.05, 4.69) is 16.6 Å². The SMILES string of the molecule is C=CC(=O)N1CCC(c2cnc(-c3ccc(F)cc3)cc2/C(N)=C/C=NC)C1. The molecule has 0 saturated carbocycles. The zero-order valence-electron chi connectivity index (χ0n) is 15.8. The van der Waals surface area contributed by atoms with Crippen LogP contribution in [0.4, 0.5) is 4.39 Å². The molecule has 144 valence electrons. The third-order valence-electron chi connectivity index (χ3n) is 4.90. The number of aromatic nitrogens is 1. The number of hydrogen-bond donors (Lipinski definition) is 1. The molecule has 1 fully saturated rings. The van der Waals surface area contributed by atoms with Crippen LogP contribution in [-0.4, -0.2) is 42.1 Å². The van der Waals surface area contributed by atoms with Gasteiger partial charge in [-0.3, -0.25) is 14.8 Å². The summed E-state index contributed by atoms with van der Waals surface area (Å²) in [6.07, 6.45) is 7.36. The number of nitrogens with zero attached hydrogens (tertiary/aromatic N) is 3. The molecule has 1 aliphatic heterocycles. The Labute approximate surface area is 164 Å². The Hall–Kier alpha value is -3.28. The van der Waals surface area contributed by atoms with Gasteiger partial charge in [-0.2, -0.15) is 0 Å². The minimum Gasteiger partial charge on any atom is -0.398 e. The highest BCUT2D eigenvalue weighted by atomic mass is 19.1. The maximum atomic E-state index is 13.2. The number of halogens is 1. The van der Waals surface area contributed by atoms with E-state index in [9.17, 15) is 9.18 Å². The number of hydrogen-bond acceptors (Lipinski definition) is 4. The molecule has 28 heavy (non-hydrogen) atoms. The van der Waals surface area contributed by atoms with E-state index in [0.717, 1.165) is 23.1 Å². The number of carbonyl (C=O) groups excluding carboxylic acids is 1. The van der Waals surface area contributed by atoms with Crippen LogP contribution in [0.3, 0.4) is 0 Å². The molecule has 0 aliphatic carbocycles. The molecule has 1 amide bonds. The molecular weight excluding hydrogens is 355 g/mol. The number of benzene rings is 1. The van der Waals surface area contributed by atoms with Gasteiger partial charge in [0.15, 0.2) is 0 Å². The first-order valence-electron chi connectivity index (χ1n) is 9.09. The molecule has 1 atom stereocenters. The third kappa shape index (κ3) is 4.17. The van der Waals surface area contributed by atoms with E-state index in [1.807, 2.05) is 12.3 Å². The van der Waals surface area contributed by atoms with Crippen molar-refractivity contribution in [2.45, 2.75) is 12.3 Å². The van der Waals surface area contributed by atoms with E-state index in [0.29, 0.717) is 24.5 Å². The van der Waals surface area contributed by atoms with Crippen molar-refractivity contribution in [2.75, 3.05) is 20.1 Å². The predicted octanol–water partition coefficient (Wildman–Crippen LogP) is 3.39. The Morgan fingerprint density at radius 2 is 2.14 bits per heavy atom. The summed E-state index contributed by atoms with van der Waals surface area (Å²) in [6, 6.07) is 8.10. The van der Waals surface area contributed by atoms with E-state index in [-0.39, 0.29) is 17.6 Å². The topological polar surface area (TPSA) is 71.6 Å². The second kappa shape index (κ2) is 8.61. The number of rotatable bonds is 5. The number of amides is 1. The molecule has 2 N–H and O–H groups in total. The van der Waals surface area contributed by atoms with Gasteiger partial charge in [0, 0.05) is 55.3 Å². The van der Waals surface area contributed by atoms with Crippen LogP contribution in [0.25, 0.3) is 17.0 Å². The van der Waals surface area contributed by atoms with Gasteiger partial charge in [0.2, 0.25) is 5.91 Å². The average Bonchev–Trinajstić information content (AvgIpc) is 3.21. The lowest BCUT2D eigenvalue weighted by molar-refractivity contribution is -0.125. The molecule has 2 aromatic rings. The van der Waals surface area contributed by atoms with Crippen LogP contribution in [0.1, 0.15) is 23.5 Å². The molecule has 0 bridgehead atoms. The number of likely N-dealkylation sites (tertiary alicyclic amines) is 1. The van der Waals surface area contributed by atoms with E-state index < -0.39 is 0 Å². The van der Waals surface area contributed by atoms with Gasteiger partial charge in [-0.25, -0.2) is 4.39 Å². The lowest BCUT2D eigenvalue weighted by atomic mass is 9.92. The summed E-state index contributed by atoms with van der Waals surface area (Å²) in [5.74, 6) is -0.224. The van der Waals surface area contributed by atoms with Gasteiger partial charge >= 0.3 is 0 Å². The van der Waals surface area contributed by atoms with E-state index in [1.165, 1.54) is 18.2 Å². The summed E-state index contributed by atoms with van der Waals surface area (Å²) < 4.78 is 13.2. The molecule has 0 radical (unpaired) electrons. The highest BCUT2D eigenvalue weighted by Gasteiger charge is 2.28. The van der Waals surface area contributed by atoms with Crippen LogP contribution >= 0.6 is 0 Å². The summed E-state index contributed by atoms with van der Waals surface area (Å²) in [5, 5.41) is 0. The fourth-order valence-corrected chi connectivity index (χ4v) is 3.41. The molecule has 1 unspecified atom stereocenters. The molecular formula is C22H23FN4O. The van der Waals surface area contributed by atoms with Crippen LogP contribution < -0.4 is 5.73 Å². The zero-order chi connectivity index (χ0) is 20.1. The second-order valence-corrected chi connectivity index (χ2v) is 6.67. The standard InChI is InChI=1S/C22H23FN4O/c1-3-22(28)27-11-9-16(14-27)19-13-26-21(15-4-6-17(23)7-5-15)12-18(19)20(24)8-10-25-2/h3-8,10,12-13,16H,1,9,11,14,24H2,2H3/b20-8-,25-10?. The molecule has 3 rings (SSSR count). The summed E-state index contributed by atoms with van der Waals surface area (Å²) >= 11 is 0. The number of nitrogens with two attached hydrogens (primary N) is 1. The Balaban J connectivity index is 2.01. The molecule has 1 aromatic heterocycles. The highest BCUT2D eigenvalue weighted by Crippen LogP contribution is 2.33. The van der Waals surface area contributed by atoms with Crippen LogP contribution in [0, 0.1) is 5.82 Å². The smallest absolute Gasteiger partial charge is 0.245 e. The zero-order valence-corrected chi connectivity index (χ0v) is 15.8. The van der Waals surface area contributed by atoms with Crippen LogP contribution in [-0.2, 0) is 4.79 Å². The maximum absolute atomic E-state index is 13.2. The number of pyridine rings is 1. The molecule has 0 spiro atoms. The minimum atomic E-state index is -0.294. The quantitative estimate of drug-likeness (QED) is 0.640. The van der Waals surface area contributed by atoms with Crippen LogP contribution in [0.5, 0.6) is 0 Å². The van der Waals surface area contributed by atoms with Gasteiger partial charge in [-0.05, 0) is 54.5 Å². The van der Waals surface area contributed by atoms with Gasteiger partial charge in [0.05, 0.1) is 5.69 Å². The largest absolute Gasteiger partial charge is 0.398 e. The summed E-state index contributed by atoms with van der Waals surface area (Å²) in [7, 11) is 1.68. The van der Waals surface area contributed by atoms with Crippen LogP contribution in [0.15, 0.2) is 60.3 Å². The summed E-state index contributed by atoms with van der Waals surface area (Å²) in [6.45, 7) is 4.84. The Morgan fingerprint density at radius 1 is 1.39 bits per heavy atom. The first-order chi connectivity index (χ1) is 13.5. The number of allylic oxidation sites excluding steroid dienone is 1. The number of aliphatic imine (C=N–C) groups is 1. The van der Waals surface area contributed by atoms with Gasteiger partial charge in [-0.15, -0.1) is 0 Å². The van der Waals surface area contributed by atoms with Gasteiger partial charge in [0.1, 0.15) is 5.82 Å². The van der Waals surface area contributed by atoms with Crippen molar-refractivity contribution in [1.82, 2.24) is 9.88 Å². The summed E-state index contributed by atoms with van der Waals surface area (Å²) in [5.41, 5.74) is 10.3. The van der Waals surface area contributed by atoms with Crippen molar-refractivity contribution in [3.63, 3.8) is 0 Å². The van der Waals surface area contributed by atoms with Crippen LogP contribution in [0.2, 0.25) is 0 Å². The molecule has 1 aliphatic rings. The van der Waals surface area contributed by atoms with Crippen molar-refractivity contribution in [1.29, 1.82) is 0 Å². The van der Waals surface area contributed by atoms with Crippen molar-refractivity contribution < 1.29 is 9.18 Å².